The van der Waals surface area contributed by atoms with Crippen LogP contribution in [0.1, 0.15) is 33.1 Å². The highest BCUT2D eigenvalue weighted by atomic mass is 32.2. The van der Waals surface area contributed by atoms with Gasteiger partial charge in [0.2, 0.25) is 17.7 Å². The summed E-state index contributed by atoms with van der Waals surface area (Å²) < 4.78 is 0. The number of carboxylic acids is 1. The molecule has 4 unspecified atom stereocenters. The zero-order chi connectivity index (χ0) is 25.6. The molecule has 0 fully saturated rings. The number of hydrogen-bond acceptors (Lipinski definition) is 8. The predicted molar refractivity (Wildman–Crippen MR) is 133 cm³/mol. The van der Waals surface area contributed by atoms with Gasteiger partial charge in [-0.2, -0.15) is 24.4 Å². The number of nitrogens with two attached hydrogens (primary N) is 3. The molecule has 0 saturated carbocycles. The molecule has 14 heteroatoms. The number of guanidine groups is 1. The first kappa shape index (κ1) is 30.8. The Morgan fingerprint density at radius 1 is 0.970 bits per heavy atom. The fourth-order valence-corrected chi connectivity index (χ4v) is 3.30. The maximum atomic E-state index is 13.0. The maximum absolute atomic E-state index is 13.0. The number of aliphatic imine (C=N–C) groups is 1. The molecule has 0 aliphatic heterocycles. The number of carboxylic acid groups (broad SMARTS) is 1. The molecule has 33 heavy (non-hydrogen) atoms. The zero-order valence-electron chi connectivity index (χ0n) is 19.2. The number of nitrogens with one attached hydrogen (secondary N) is 3. The standard InChI is InChI=1S/C19H37N7O5S2/c1-10(2)14(20)17(29)25-12(6-8-33-3)16(28)24-11(5-4-7-23-19(21)22)15(27)26-13(9-32)18(30)31/h10-14,32H,4-9,20H2,1-3H3,(H,24,28)(H,25,29)(H,26,27)(H,30,31)(H4,21,22,23). The van der Waals surface area contributed by atoms with Gasteiger partial charge in [0, 0.05) is 12.3 Å². The molecule has 0 radical (unpaired) electrons. The van der Waals surface area contributed by atoms with Gasteiger partial charge >= 0.3 is 5.97 Å². The van der Waals surface area contributed by atoms with Gasteiger partial charge in [0.25, 0.3) is 0 Å². The Morgan fingerprint density at radius 2 is 1.48 bits per heavy atom. The highest BCUT2D eigenvalue weighted by Gasteiger charge is 2.30. The average Bonchev–Trinajstić information content (AvgIpc) is 2.75. The third-order valence-corrected chi connectivity index (χ3v) is 5.65. The van der Waals surface area contributed by atoms with Crippen molar-refractivity contribution < 1.29 is 24.3 Å². The molecule has 0 bridgehead atoms. The van der Waals surface area contributed by atoms with Crippen molar-refractivity contribution in [2.45, 2.75) is 57.3 Å². The Kier molecular flexibility index (Phi) is 15.3. The number of rotatable bonds is 16. The van der Waals surface area contributed by atoms with Crippen LogP contribution < -0.4 is 33.2 Å². The summed E-state index contributed by atoms with van der Waals surface area (Å²) in [5.74, 6) is -2.78. The van der Waals surface area contributed by atoms with Crippen LogP contribution in [0.5, 0.6) is 0 Å². The lowest BCUT2D eigenvalue weighted by atomic mass is 10.0. The van der Waals surface area contributed by atoms with Crippen molar-refractivity contribution in [1.29, 1.82) is 0 Å². The van der Waals surface area contributed by atoms with Crippen molar-refractivity contribution in [2.75, 3.05) is 24.3 Å². The van der Waals surface area contributed by atoms with Gasteiger partial charge in [-0.05, 0) is 37.2 Å². The van der Waals surface area contributed by atoms with Crippen LogP contribution in [0, 0.1) is 5.92 Å². The molecule has 0 saturated heterocycles. The van der Waals surface area contributed by atoms with Crippen LogP contribution in [0.3, 0.4) is 0 Å². The van der Waals surface area contributed by atoms with Gasteiger partial charge in [0.05, 0.1) is 6.04 Å². The number of thiol groups is 1. The highest BCUT2D eigenvalue weighted by Crippen LogP contribution is 2.07. The van der Waals surface area contributed by atoms with E-state index < -0.39 is 47.9 Å². The molecule has 0 aliphatic rings. The summed E-state index contributed by atoms with van der Waals surface area (Å²) in [4.78, 5) is 53.2. The molecule has 0 aromatic carbocycles. The molecular formula is C19H37N7O5S2. The second-order valence-electron chi connectivity index (χ2n) is 7.70. The van der Waals surface area contributed by atoms with Crippen LogP contribution in [0.15, 0.2) is 4.99 Å². The molecule has 0 aromatic heterocycles. The summed E-state index contributed by atoms with van der Waals surface area (Å²) in [5, 5.41) is 16.8. The topological polar surface area (TPSA) is 215 Å². The van der Waals surface area contributed by atoms with Gasteiger partial charge in [-0.15, -0.1) is 0 Å². The summed E-state index contributed by atoms with van der Waals surface area (Å²) in [7, 11) is 0. The van der Waals surface area contributed by atoms with Crippen molar-refractivity contribution in [2.24, 2.45) is 28.1 Å². The van der Waals surface area contributed by atoms with E-state index in [0.717, 1.165) is 0 Å². The number of nitrogens with zero attached hydrogens (tertiary/aromatic N) is 1. The van der Waals surface area contributed by atoms with Crippen molar-refractivity contribution >= 4 is 54.0 Å². The third-order valence-electron chi connectivity index (χ3n) is 4.64. The van der Waals surface area contributed by atoms with Crippen LogP contribution in [0.25, 0.3) is 0 Å². The van der Waals surface area contributed by atoms with Gasteiger partial charge < -0.3 is 38.3 Å². The first-order valence-corrected chi connectivity index (χ1v) is 12.5. The minimum atomic E-state index is -1.25. The first-order valence-electron chi connectivity index (χ1n) is 10.5. The van der Waals surface area contributed by atoms with E-state index >= 15 is 0 Å². The van der Waals surface area contributed by atoms with Crippen molar-refractivity contribution in [3.8, 4) is 0 Å². The molecule has 0 heterocycles. The lowest BCUT2D eigenvalue weighted by molar-refractivity contribution is -0.141. The molecule has 190 valence electrons. The SMILES string of the molecule is CSCCC(NC(=O)C(N)C(C)C)C(=O)NC(CCCN=C(N)N)C(=O)NC(CS)C(=O)O. The van der Waals surface area contributed by atoms with Gasteiger partial charge in [-0.1, -0.05) is 13.8 Å². The van der Waals surface area contributed by atoms with Crippen LogP contribution in [0.2, 0.25) is 0 Å². The van der Waals surface area contributed by atoms with E-state index in [2.05, 4.69) is 33.6 Å². The fourth-order valence-electron chi connectivity index (χ4n) is 2.58. The summed E-state index contributed by atoms with van der Waals surface area (Å²) >= 11 is 5.42. The van der Waals surface area contributed by atoms with E-state index in [1.54, 1.807) is 13.8 Å². The van der Waals surface area contributed by atoms with Gasteiger partial charge in [0.1, 0.15) is 18.1 Å². The van der Waals surface area contributed by atoms with E-state index in [4.69, 9.17) is 17.2 Å². The Bertz CT molecular complexity index is 689. The molecule has 3 amide bonds. The molecule has 4 atom stereocenters. The summed E-state index contributed by atoms with van der Waals surface area (Å²) in [6.07, 6.45) is 2.66. The normalized spacial score (nSPS) is 14.5. The number of amides is 3. The van der Waals surface area contributed by atoms with E-state index in [1.807, 2.05) is 6.26 Å². The summed E-state index contributed by atoms with van der Waals surface area (Å²) in [6, 6.07) is -4.00. The zero-order valence-corrected chi connectivity index (χ0v) is 21.0. The van der Waals surface area contributed by atoms with Crippen LogP contribution in [0.4, 0.5) is 0 Å². The molecule has 0 aromatic rings. The smallest absolute Gasteiger partial charge is 0.327 e. The number of hydrogen-bond donors (Lipinski definition) is 8. The van der Waals surface area contributed by atoms with Crippen molar-refractivity contribution in [3.05, 3.63) is 0 Å². The Morgan fingerprint density at radius 3 is 1.94 bits per heavy atom. The lowest BCUT2D eigenvalue weighted by Crippen LogP contribution is -2.57. The number of carbonyl (C=O) groups is 4. The number of carbonyl (C=O) groups excluding carboxylic acids is 3. The Balaban J connectivity index is 5.48. The predicted octanol–water partition coefficient (Wildman–Crippen LogP) is -1.75. The summed E-state index contributed by atoms with van der Waals surface area (Å²) in [6.45, 7) is 3.80. The first-order chi connectivity index (χ1) is 15.4. The van der Waals surface area contributed by atoms with Crippen molar-refractivity contribution in [3.63, 3.8) is 0 Å². The quantitative estimate of drug-likeness (QED) is 0.0513. The van der Waals surface area contributed by atoms with Crippen LogP contribution in [-0.4, -0.2) is 83.2 Å². The number of thioether (sulfide) groups is 1. The monoisotopic (exact) mass is 507 g/mol. The maximum Gasteiger partial charge on any atom is 0.327 e. The summed E-state index contributed by atoms with van der Waals surface area (Å²) in [5.41, 5.74) is 16.5. The van der Waals surface area contributed by atoms with Crippen molar-refractivity contribution in [1.82, 2.24) is 16.0 Å². The van der Waals surface area contributed by atoms with E-state index in [1.165, 1.54) is 11.8 Å². The Hall–Kier alpha value is -2.19. The van der Waals surface area contributed by atoms with Gasteiger partial charge in [-0.3, -0.25) is 19.4 Å². The minimum absolute atomic E-state index is 0.109. The molecular weight excluding hydrogens is 470 g/mol. The van der Waals surface area contributed by atoms with Crippen LogP contribution in [-0.2, 0) is 19.2 Å². The van der Waals surface area contributed by atoms with E-state index in [-0.39, 0.29) is 30.6 Å². The van der Waals surface area contributed by atoms with Gasteiger partial charge in [-0.25, -0.2) is 4.79 Å². The number of aliphatic carboxylic acids is 1. The molecule has 0 spiro atoms. The van der Waals surface area contributed by atoms with E-state index in [9.17, 15) is 24.3 Å². The third kappa shape index (κ3) is 12.6. The molecule has 12 nitrogen and oxygen atoms in total. The molecule has 0 rings (SSSR count). The minimum Gasteiger partial charge on any atom is -0.480 e. The highest BCUT2D eigenvalue weighted by molar-refractivity contribution is 7.98. The van der Waals surface area contributed by atoms with E-state index in [0.29, 0.717) is 18.6 Å². The lowest BCUT2D eigenvalue weighted by Gasteiger charge is -2.25. The fraction of sp³-hybridized carbons (Fsp3) is 0.737. The van der Waals surface area contributed by atoms with Gasteiger partial charge in [0.15, 0.2) is 5.96 Å². The second kappa shape index (κ2) is 16.4. The molecule has 10 N–H and O–H groups in total. The molecule has 0 aliphatic carbocycles. The second-order valence-corrected chi connectivity index (χ2v) is 9.06. The average molecular weight is 508 g/mol. The van der Waals surface area contributed by atoms with Crippen LogP contribution >= 0.6 is 24.4 Å². The largest absolute Gasteiger partial charge is 0.480 e. The Labute approximate surface area is 204 Å².